The van der Waals surface area contributed by atoms with Crippen LogP contribution in [0.25, 0.3) is 0 Å². The highest BCUT2D eigenvalue weighted by atomic mass is 16.5. The number of hydrogen-bond donors (Lipinski definition) is 2. The number of aliphatic hydroxyl groups excluding tert-OH is 1. The van der Waals surface area contributed by atoms with Gasteiger partial charge < -0.3 is 9.63 Å². The third-order valence-electron chi connectivity index (χ3n) is 2.51. The zero-order chi connectivity index (χ0) is 10.2. The van der Waals surface area contributed by atoms with Gasteiger partial charge in [-0.25, -0.2) is 0 Å². The van der Waals surface area contributed by atoms with Crippen LogP contribution in [0.3, 0.4) is 0 Å². The van der Waals surface area contributed by atoms with E-state index in [0.717, 1.165) is 18.5 Å². The Balaban J connectivity index is 2.14. The molecule has 14 heavy (non-hydrogen) atoms. The minimum Gasteiger partial charge on any atom is -0.395 e. The first-order valence-electron chi connectivity index (χ1n) is 4.52. The first kappa shape index (κ1) is 9.21. The van der Waals surface area contributed by atoms with Crippen molar-refractivity contribution in [2.75, 3.05) is 11.9 Å². The molecule has 1 heterocycles. The van der Waals surface area contributed by atoms with Crippen LogP contribution in [0.2, 0.25) is 0 Å². The van der Waals surface area contributed by atoms with Gasteiger partial charge in [-0.15, -0.1) is 0 Å². The van der Waals surface area contributed by atoms with Crippen molar-refractivity contribution in [3.05, 3.63) is 11.8 Å². The number of aromatic nitrogens is 1. The van der Waals surface area contributed by atoms with Crippen LogP contribution < -0.4 is 5.32 Å². The SMILES string of the molecule is CC(=O)Nc1cc(C2(CO)CC2)no1. The summed E-state index contributed by atoms with van der Waals surface area (Å²) in [7, 11) is 0. The predicted molar refractivity (Wildman–Crippen MR) is 48.8 cm³/mol. The molecule has 2 N–H and O–H groups in total. The molecule has 1 aliphatic rings. The smallest absolute Gasteiger partial charge is 0.231 e. The van der Waals surface area contributed by atoms with Crippen LogP contribution >= 0.6 is 0 Å². The minimum atomic E-state index is -0.208. The highest BCUT2D eigenvalue weighted by Crippen LogP contribution is 2.47. The molecule has 0 atom stereocenters. The van der Waals surface area contributed by atoms with Gasteiger partial charge in [0, 0.05) is 18.4 Å². The van der Waals surface area contributed by atoms with Gasteiger partial charge in [0.15, 0.2) is 0 Å². The van der Waals surface area contributed by atoms with E-state index in [-0.39, 0.29) is 17.9 Å². The van der Waals surface area contributed by atoms with Crippen molar-refractivity contribution in [3.8, 4) is 0 Å². The summed E-state index contributed by atoms with van der Waals surface area (Å²) >= 11 is 0. The average molecular weight is 196 g/mol. The van der Waals surface area contributed by atoms with Crippen molar-refractivity contribution in [2.24, 2.45) is 0 Å². The van der Waals surface area contributed by atoms with Crippen molar-refractivity contribution < 1.29 is 14.4 Å². The van der Waals surface area contributed by atoms with E-state index in [1.165, 1.54) is 6.92 Å². The molecule has 5 nitrogen and oxygen atoms in total. The summed E-state index contributed by atoms with van der Waals surface area (Å²) in [5, 5.41) is 15.5. The monoisotopic (exact) mass is 196 g/mol. The lowest BCUT2D eigenvalue weighted by Crippen LogP contribution is -2.12. The number of carbonyl (C=O) groups is 1. The van der Waals surface area contributed by atoms with Gasteiger partial charge in [0.2, 0.25) is 11.8 Å². The van der Waals surface area contributed by atoms with Crippen LogP contribution in [0, 0.1) is 0 Å². The number of rotatable bonds is 3. The van der Waals surface area contributed by atoms with Crippen LogP contribution in [0.15, 0.2) is 10.6 Å². The molecular formula is C9H12N2O3. The summed E-state index contributed by atoms with van der Waals surface area (Å²) in [6.45, 7) is 1.49. The number of hydrogen-bond acceptors (Lipinski definition) is 4. The largest absolute Gasteiger partial charge is 0.395 e. The zero-order valence-corrected chi connectivity index (χ0v) is 7.91. The maximum absolute atomic E-state index is 10.7. The first-order chi connectivity index (χ1) is 6.66. The minimum absolute atomic E-state index is 0.0824. The Hall–Kier alpha value is -1.36. The number of anilines is 1. The molecule has 5 heteroatoms. The molecule has 0 bridgehead atoms. The van der Waals surface area contributed by atoms with E-state index in [4.69, 9.17) is 9.63 Å². The molecule has 0 aromatic carbocycles. The van der Waals surface area contributed by atoms with Crippen molar-refractivity contribution in [2.45, 2.75) is 25.2 Å². The Labute approximate surface area is 81.1 Å². The molecule has 1 aromatic rings. The van der Waals surface area contributed by atoms with Crippen molar-refractivity contribution in [3.63, 3.8) is 0 Å². The van der Waals surface area contributed by atoms with Crippen LogP contribution in [0.1, 0.15) is 25.5 Å². The second-order valence-corrected chi connectivity index (χ2v) is 3.70. The summed E-state index contributed by atoms with van der Waals surface area (Å²) in [5.41, 5.74) is 0.518. The number of carbonyl (C=O) groups excluding carboxylic acids is 1. The maximum Gasteiger partial charge on any atom is 0.231 e. The van der Waals surface area contributed by atoms with Crippen LogP contribution in [-0.4, -0.2) is 22.8 Å². The van der Waals surface area contributed by atoms with Gasteiger partial charge in [-0.2, -0.15) is 0 Å². The summed E-state index contributed by atoms with van der Waals surface area (Å²) < 4.78 is 4.91. The van der Waals surface area contributed by atoms with Crippen LogP contribution in [0.4, 0.5) is 5.88 Å². The molecule has 2 rings (SSSR count). The first-order valence-corrected chi connectivity index (χ1v) is 4.52. The van der Waals surface area contributed by atoms with Gasteiger partial charge in [-0.3, -0.25) is 10.1 Å². The second-order valence-electron chi connectivity index (χ2n) is 3.70. The lowest BCUT2D eigenvalue weighted by Gasteiger charge is -2.04. The summed E-state index contributed by atoms with van der Waals surface area (Å²) in [6, 6.07) is 1.67. The Morgan fingerprint density at radius 3 is 3.00 bits per heavy atom. The summed E-state index contributed by atoms with van der Waals surface area (Å²) in [5.74, 6) is 0.147. The number of nitrogens with zero attached hydrogens (tertiary/aromatic N) is 1. The van der Waals surface area contributed by atoms with Gasteiger partial charge in [0.05, 0.1) is 12.3 Å². The van der Waals surface area contributed by atoms with Gasteiger partial charge >= 0.3 is 0 Å². The molecular weight excluding hydrogens is 184 g/mol. The lowest BCUT2D eigenvalue weighted by molar-refractivity contribution is -0.114. The highest BCUT2D eigenvalue weighted by molar-refractivity contribution is 5.87. The Morgan fingerprint density at radius 2 is 2.50 bits per heavy atom. The van der Waals surface area contributed by atoms with Gasteiger partial charge in [0.25, 0.3) is 0 Å². The molecule has 0 aliphatic heterocycles. The molecule has 0 unspecified atom stereocenters. The Kier molecular flexibility index (Phi) is 2.03. The topological polar surface area (TPSA) is 75.4 Å². The quantitative estimate of drug-likeness (QED) is 0.744. The number of aliphatic hydroxyl groups is 1. The van der Waals surface area contributed by atoms with Crippen LogP contribution in [-0.2, 0) is 10.2 Å². The lowest BCUT2D eigenvalue weighted by atomic mass is 10.0. The van der Waals surface area contributed by atoms with Crippen molar-refractivity contribution in [1.29, 1.82) is 0 Å². The van der Waals surface area contributed by atoms with Crippen molar-refractivity contribution >= 4 is 11.8 Å². The second kappa shape index (κ2) is 3.09. The van der Waals surface area contributed by atoms with E-state index in [1.807, 2.05) is 0 Å². The Morgan fingerprint density at radius 1 is 1.79 bits per heavy atom. The van der Waals surface area contributed by atoms with E-state index in [9.17, 15) is 4.79 Å². The normalized spacial score (nSPS) is 17.9. The van der Waals surface area contributed by atoms with E-state index in [0.29, 0.717) is 5.88 Å². The van der Waals surface area contributed by atoms with E-state index >= 15 is 0 Å². The molecule has 0 spiro atoms. The fourth-order valence-electron chi connectivity index (χ4n) is 1.40. The fourth-order valence-corrected chi connectivity index (χ4v) is 1.40. The predicted octanol–water partition coefficient (Wildman–Crippen LogP) is 0.657. The maximum atomic E-state index is 10.7. The molecule has 1 saturated carbocycles. The number of nitrogens with one attached hydrogen (secondary N) is 1. The fraction of sp³-hybridized carbons (Fsp3) is 0.556. The van der Waals surface area contributed by atoms with Gasteiger partial charge in [-0.1, -0.05) is 5.16 Å². The number of amides is 1. The van der Waals surface area contributed by atoms with Crippen molar-refractivity contribution in [1.82, 2.24) is 5.16 Å². The molecule has 1 aromatic heterocycles. The van der Waals surface area contributed by atoms with E-state index in [1.54, 1.807) is 6.07 Å². The van der Waals surface area contributed by atoms with E-state index < -0.39 is 0 Å². The summed E-state index contributed by atoms with van der Waals surface area (Å²) in [4.78, 5) is 10.7. The molecule has 0 radical (unpaired) electrons. The van der Waals surface area contributed by atoms with Gasteiger partial charge in [-0.05, 0) is 12.8 Å². The van der Waals surface area contributed by atoms with E-state index in [2.05, 4.69) is 10.5 Å². The van der Waals surface area contributed by atoms with Crippen LogP contribution in [0.5, 0.6) is 0 Å². The molecule has 1 amide bonds. The molecule has 1 fully saturated rings. The Bertz CT molecular complexity index is 355. The molecule has 0 saturated heterocycles. The summed E-state index contributed by atoms with van der Waals surface area (Å²) in [6.07, 6.45) is 1.85. The average Bonchev–Trinajstić information content (AvgIpc) is 2.81. The zero-order valence-electron chi connectivity index (χ0n) is 7.91. The standard InChI is InChI=1S/C9H12N2O3/c1-6(13)10-8-4-7(11-14-8)9(5-12)2-3-9/h4,12H,2-3,5H2,1H3,(H,10,13). The molecule has 1 aliphatic carbocycles. The molecule has 76 valence electrons. The third-order valence-corrected chi connectivity index (χ3v) is 2.51. The highest BCUT2D eigenvalue weighted by Gasteiger charge is 2.46. The van der Waals surface area contributed by atoms with Gasteiger partial charge in [0.1, 0.15) is 0 Å². The third kappa shape index (κ3) is 1.50.